The maximum Gasteiger partial charge on any atom is 0.416 e. The standard InChI is InChI=1S/C12H11F3O3/c1-2-7-5-8(12(13,14)15)3-4-9(7)10(16)6-11(17)18/h3-5H,2,6H2,1H3,(H,17,18). The topological polar surface area (TPSA) is 54.4 Å². The molecule has 98 valence electrons. The Morgan fingerprint density at radius 1 is 1.28 bits per heavy atom. The van der Waals surface area contributed by atoms with Crippen LogP contribution in [0.1, 0.15) is 34.8 Å². The second kappa shape index (κ2) is 5.20. The van der Waals surface area contributed by atoms with Gasteiger partial charge in [-0.3, -0.25) is 9.59 Å². The van der Waals surface area contributed by atoms with Crippen molar-refractivity contribution in [3.8, 4) is 0 Å². The van der Waals surface area contributed by atoms with Gasteiger partial charge in [-0.15, -0.1) is 0 Å². The zero-order valence-electron chi connectivity index (χ0n) is 9.54. The Hall–Kier alpha value is -1.85. The minimum Gasteiger partial charge on any atom is -0.481 e. The second-order valence-electron chi connectivity index (χ2n) is 3.72. The molecule has 3 nitrogen and oxygen atoms in total. The summed E-state index contributed by atoms with van der Waals surface area (Å²) in [6.45, 7) is 1.60. The molecule has 1 N–H and O–H groups in total. The van der Waals surface area contributed by atoms with Crippen LogP contribution in [-0.2, 0) is 17.4 Å². The number of carbonyl (C=O) groups excluding carboxylic acids is 1. The molecule has 0 saturated heterocycles. The summed E-state index contributed by atoms with van der Waals surface area (Å²) in [5.74, 6) is -1.99. The van der Waals surface area contributed by atoms with E-state index >= 15 is 0 Å². The van der Waals surface area contributed by atoms with Crippen LogP contribution in [0.4, 0.5) is 13.2 Å². The predicted molar refractivity (Wildman–Crippen MR) is 57.4 cm³/mol. The van der Waals surface area contributed by atoms with E-state index in [1.807, 2.05) is 0 Å². The second-order valence-corrected chi connectivity index (χ2v) is 3.72. The molecule has 0 aromatic heterocycles. The van der Waals surface area contributed by atoms with Crippen molar-refractivity contribution < 1.29 is 27.9 Å². The number of halogens is 3. The molecule has 0 radical (unpaired) electrons. The van der Waals surface area contributed by atoms with Gasteiger partial charge in [0.2, 0.25) is 0 Å². The molecule has 1 rings (SSSR count). The number of hydrogen-bond donors (Lipinski definition) is 1. The van der Waals surface area contributed by atoms with E-state index in [-0.39, 0.29) is 17.5 Å². The number of carbonyl (C=O) groups is 2. The first-order valence-corrected chi connectivity index (χ1v) is 5.20. The molecule has 0 spiro atoms. The molecule has 0 atom stereocenters. The quantitative estimate of drug-likeness (QED) is 0.669. The SMILES string of the molecule is CCc1cc(C(F)(F)F)ccc1C(=O)CC(=O)O. The monoisotopic (exact) mass is 260 g/mol. The van der Waals surface area contributed by atoms with Crippen molar-refractivity contribution in [3.05, 3.63) is 34.9 Å². The van der Waals surface area contributed by atoms with E-state index in [1.54, 1.807) is 6.92 Å². The highest BCUT2D eigenvalue weighted by Gasteiger charge is 2.31. The molecule has 0 unspecified atom stereocenters. The minimum atomic E-state index is -4.47. The van der Waals surface area contributed by atoms with Crippen molar-refractivity contribution >= 4 is 11.8 Å². The van der Waals surface area contributed by atoms with Crippen LogP contribution in [0.3, 0.4) is 0 Å². The summed E-state index contributed by atoms with van der Waals surface area (Å²) in [6.07, 6.45) is -4.97. The van der Waals surface area contributed by atoms with E-state index in [1.165, 1.54) is 0 Å². The molecule has 0 fully saturated rings. The molecule has 1 aromatic carbocycles. The average molecular weight is 260 g/mol. The lowest BCUT2D eigenvalue weighted by Gasteiger charge is -2.11. The Balaban J connectivity index is 3.15. The van der Waals surface area contributed by atoms with E-state index in [2.05, 4.69) is 0 Å². The highest BCUT2D eigenvalue weighted by molar-refractivity contribution is 6.06. The van der Waals surface area contributed by atoms with Gasteiger partial charge in [-0.2, -0.15) is 13.2 Å². The van der Waals surface area contributed by atoms with Crippen molar-refractivity contribution in [2.45, 2.75) is 25.9 Å². The van der Waals surface area contributed by atoms with E-state index in [9.17, 15) is 22.8 Å². The summed E-state index contributed by atoms with van der Waals surface area (Å²) < 4.78 is 37.4. The molecule has 6 heteroatoms. The number of rotatable bonds is 4. The van der Waals surface area contributed by atoms with Gasteiger partial charge in [0.1, 0.15) is 6.42 Å². The largest absolute Gasteiger partial charge is 0.481 e. The highest BCUT2D eigenvalue weighted by Crippen LogP contribution is 2.31. The zero-order valence-corrected chi connectivity index (χ0v) is 9.54. The van der Waals surface area contributed by atoms with Gasteiger partial charge < -0.3 is 5.11 Å². The van der Waals surface area contributed by atoms with Gasteiger partial charge in [0.15, 0.2) is 5.78 Å². The number of hydrogen-bond acceptors (Lipinski definition) is 2. The Kier molecular flexibility index (Phi) is 4.11. The summed E-state index contributed by atoms with van der Waals surface area (Å²) in [7, 11) is 0. The number of Topliss-reactive ketones (excluding diaryl/α,β-unsaturated/α-hetero) is 1. The van der Waals surface area contributed by atoms with Gasteiger partial charge in [0.05, 0.1) is 5.56 Å². The number of ketones is 1. The number of carboxylic acid groups (broad SMARTS) is 1. The van der Waals surface area contributed by atoms with Gasteiger partial charge in [-0.25, -0.2) is 0 Å². The van der Waals surface area contributed by atoms with Crippen molar-refractivity contribution in [1.29, 1.82) is 0 Å². The van der Waals surface area contributed by atoms with Gasteiger partial charge in [-0.1, -0.05) is 13.0 Å². The Bertz CT molecular complexity index is 478. The number of aliphatic carboxylic acids is 1. The fourth-order valence-corrected chi connectivity index (χ4v) is 1.57. The summed E-state index contributed by atoms with van der Waals surface area (Å²) in [5, 5.41) is 8.49. The number of benzene rings is 1. The maximum absolute atomic E-state index is 12.5. The van der Waals surface area contributed by atoms with Crippen LogP contribution in [0.25, 0.3) is 0 Å². The molecular weight excluding hydrogens is 249 g/mol. The molecule has 0 aliphatic rings. The van der Waals surface area contributed by atoms with Crippen molar-refractivity contribution in [2.24, 2.45) is 0 Å². The Labute approximate surface area is 101 Å². The number of carboxylic acids is 1. The first kappa shape index (κ1) is 14.2. The fourth-order valence-electron chi connectivity index (χ4n) is 1.57. The fraction of sp³-hybridized carbons (Fsp3) is 0.333. The molecular formula is C12H11F3O3. The third-order valence-corrected chi connectivity index (χ3v) is 2.43. The van der Waals surface area contributed by atoms with E-state index < -0.39 is 29.9 Å². The molecule has 0 aliphatic heterocycles. The number of alkyl halides is 3. The van der Waals surface area contributed by atoms with Crippen LogP contribution < -0.4 is 0 Å². The van der Waals surface area contributed by atoms with Crippen LogP contribution in [0, 0.1) is 0 Å². The smallest absolute Gasteiger partial charge is 0.416 e. The van der Waals surface area contributed by atoms with Crippen LogP contribution in [0.15, 0.2) is 18.2 Å². The lowest BCUT2D eigenvalue weighted by Crippen LogP contribution is -2.12. The van der Waals surface area contributed by atoms with Gasteiger partial charge >= 0.3 is 12.1 Å². The molecule has 1 aromatic rings. The van der Waals surface area contributed by atoms with Crippen LogP contribution >= 0.6 is 0 Å². The molecule has 0 saturated carbocycles. The van der Waals surface area contributed by atoms with Gasteiger partial charge in [0, 0.05) is 5.56 Å². The Morgan fingerprint density at radius 2 is 1.89 bits per heavy atom. The summed E-state index contributed by atoms with van der Waals surface area (Å²) >= 11 is 0. The normalized spacial score (nSPS) is 11.3. The zero-order chi connectivity index (χ0) is 13.9. The lowest BCUT2D eigenvalue weighted by atomic mass is 9.97. The first-order valence-electron chi connectivity index (χ1n) is 5.20. The van der Waals surface area contributed by atoms with E-state index in [4.69, 9.17) is 5.11 Å². The average Bonchev–Trinajstić information content (AvgIpc) is 2.26. The molecule has 0 heterocycles. The van der Waals surface area contributed by atoms with Gasteiger partial charge in [-0.05, 0) is 24.1 Å². The molecule has 0 amide bonds. The summed E-state index contributed by atoms with van der Waals surface area (Å²) in [5.41, 5.74) is -0.602. The van der Waals surface area contributed by atoms with E-state index in [0.717, 1.165) is 18.2 Å². The lowest BCUT2D eigenvalue weighted by molar-refractivity contribution is -0.138. The van der Waals surface area contributed by atoms with Crippen molar-refractivity contribution in [1.82, 2.24) is 0 Å². The molecule has 0 aliphatic carbocycles. The third kappa shape index (κ3) is 3.32. The molecule has 18 heavy (non-hydrogen) atoms. The summed E-state index contributed by atoms with van der Waals surface area (Å²) in [4.78, 5) is 21.9. The van der Waals surface area contributed by atoms with Gasteiger partial charge in [0.25, 0.3) is 0 Å². The third-order valence-electron chi connectivity index (χ3n) is 2.43. The van der Waals surface area contributed by atoms with Crippen LogP contribution in [0.2, 0.25) is 0 Å². The maximum atomic E-state index is 12.5. The summed E-state index contributed by atoms with van der Waals surface area (Å²) in [6, 6.07) is 2.70. The predicted octanol–water partition coefficient (Wildman–Crippen LogP) is 2.93. The number of aryl methyl sites for hydroxylation is 1. The van der Waals surface area contributed by atoms with Crippen LogP contribution in [-0.4, -0.2) is 16.9 Å². The molecule has 0 bridgehead atoms. The first-order chi connectivity index (χ1) is 8.25. The van der Waals surface area contributed by atoms with Crippen LogP contribution in [0.5, 0.6) is 0 Å². The van der Waals surface area contributed by atoms with Crippen molar-refractivity contribution in [2.75, 3.05) is 0 Å². The van der Waals surface area contributed by atoms with E-state index in [0.29, 0.717) is 0 Å². The highest BCUT2D eigenvalue weighted by atomic mass is 19.4. The Morgan fingerprint density at radius 3 is 2.33 bits per heavy atom. The van der Waals surface area contributed by atoms with Crippen molar-refractivity contribution in [3.63, 3.8) is 0 Å². The minimum absolute atomic E-state index is 0.0351.